The Labute approximate surface area is 283 Å². The Hall–Kier alpha value is -6.46. The minimum atomic E-state index is -0.176. The zero-order valence-corrected chi connectivity index (χ0v) is 26.5. The second kappa shape index (κ2) is 11.1. The molecule has 5 heteroatoms. The van der Waals surface area contributed by atoms with Crippen molar-refractivity contribution < 1.29 is 4.74 Å². The van der Waals surface area contributed by atoms with E-state index in [1.165, 1.54) is 27.3 Å². The third-order valence-electron chi connectivity index (χ3n) is 9.79. The summed E-state index contributed by atoms with van der Waals surface area (Å²) in [6.07, 6.45) is 6.53. The summed E-state index contributed by atoms with van der Waals surface area (Å²) >= 11 is 0. The third kappa shape index (κ3) is 4.54. The van der Waals surface area contributed by atoms with Gasteiger partial charge in [0.1, 0.15) is 22.9 Å². The van der Waals surface area contributed by atoms with E-state index in [4.69, 9.17) is 14.9 Å². The van der Waals surface area contributed by atoms with Crippen LogP contribution in [0.25, 0.3) is 54.8 Å². The summed E-state index contributed by atoms with van der Waals surface area (Å²) in [5.74, 6) is 1.07. The Balaban J connectivity index is 1.09. The molecule has 1 aromatic heterocycles. The third-order valence-corrected chi connectivity index (χ3v) is 9.79. The van der Waals surface area contributed by atoms with Crippen LogP contribution >= 0.6 is 0 Å². The van der Waals surface area contributed by atoms with Gasteiger partial charge in [-0.3, -0.25) is 0 Å². The van der Waals surface area contributed by atoms with Crippen LogP contribution in [0.3, 0.4) is 0 Å². The first-order valence-corrected chi connectivity index (χ1v) is 16.7. The lowest BCUT2D eigenvalue weighted by atomic mass is 9.86. The van der Waals surface area contributed by atoms with Crippen LogP contribution in [0, 0.1) is 0 Å². The minimum Gasteiger partial charge on any atom is -0.484 e. The van der Waals surface area contributed by atoms with E-state index < -0.39 is 0 Å². The van der Waals surface area contributed by atoms with E-state index in [1.54, 1.807) is 4.91 Å². The van der Waals surface area contributed by atoms with Crippen LogP contribution in [0.15, 0.2) is 176 Å². The van der Waals surface area contributed by atoms with Crippen molar-refractivity contribution in [2.24, 2.45) is 0 Å². The fraction of sp³-hybridized carbons (Fsp3) is 0.0455. The highest BCUT2D eigenvalue weighted by Crippen LogP contribution is 2.50. The molecule has 49 heavy (non-hydrogen) atoms. The van der Waals surface area contributed by atoms with Crippen LogP contribution in [0.5, 0.6) is 5.75 Å². The van der Waals surface area contributed by atoms with Crippen LogP contribution in [0.1, 0.15) is 11.5 Å². The highest BCUT2D eigenvalue weighted by molar-refractivity contribution is 6.13. The fourth-order valence-electron chi connectivity index (χ4n) is 7.46. The van der Waals surface area contributed by atoms with E-state index >= 15 is 0 Å². The van der Waals surface area contributed by atoms with Crippen molar-refractivity contribution in [1.29, 1.82) is 0 Å². The van der Waals surface area contributed by atoms with Crippen LogP contribution in [-0.4, -0.2) is 21.2 Å². The van der Waals surface area contributed by atoms with Crippen LogP contribution in [-0.2, 0) is 0 Å². The van der Waals surface area contributed by atoms with Crippen molar-refractivity contribution in [3.63, 3.8) is 0 Å². The number of rotatable bonds is 5. The highest BCUT2D eigenvalue weighted by Gasteiger charge is 2.37. The van der Waals surface area contributed by atoms with Gasteiger partial charge in [0, 0.05) is 16.9 Å². The predicted octanol–water partition coefficient (Wildman–Crippen LogP) is 10.3. The number of benzene rings is 7. The first-order valence-electron chi connectivity index (χ1n) is 16.7. The van der Waals surface area contributed by atoms with Gasteiger partial charge in [-0.25, -0.2) is 5.01 Å². The molecule has 10 rings (SSSR count). The van der Waals surface area contributed by atoms with Gasteiger partial charge in [-0.1, -0.05) is 138 Å². The number of hydrogen-bond donors (Lipinski definition) is 0. The summed E-state index contributed by atoms with van der Waals surface area (Å²) in [6.45, 7) is 0. The van der Waals surface area contributed by atoms with Gasteiger partial charge in [0.05, 0.1) is 11.4 Å². The molecule has 2 unspecified atom stereocenters. The van der Waals surface area contributed by atoms with Crippen molar-refractivity contribution in [3.05, 3.63) is 181 Å². The molecule has 0 saturated carbocycles. The maximum atomic E-state index is 6.88. The summed E-state index contributed by atoms with van der Waals surface area (Å²) in [7, 11) is 0. The second-order valence-electron chi connectivity index (χ2n) is 12.7. The lowest BCUT2D eigenvalue weighted by Gasteiger charge is -2.28. The molecule has 0 bridgehead atoms. The molecule has 0 N–H and O–H groups in total. The van der Waals surface area contributed by atoms with Gasteiger partial charge in [-0.05, 0) is 74.8 Å². The highest BCUT2D eigenvalue weighted by atomic mass is 16.5. The Morgan fingerprint density at radius 1 is 0.531 bits per heavy atom. The van der Waals surface area contributed by atoms with Crippen LogP contribution in [0.2, 0.25) is 0 Å². The topological polar surface area (TPSA) is 43.2 Å². The number of fused-ring (bicyclic) bond motifs is 9. The number of anilines is 1. The molecular formula is C44H30N4O. The van der Waals surface area contributed by atoms with Gasteiger partial charge in [0.2, 0.25) is 0 Å². The Morgan fingerprint density at radius 2 is 1.10 bits per heavy atom. The SMILES string of the molecule is C1=CC2c3c(c4ccccc4c4ccccc34)OC2C=C1N(c1ccc(-c2ccccc2)cc1)n1nc2ccc(-c3ccccc3)cc2n1. The molecule has 5 nitrogen and oxygen atoms in total. The van der Waals surface area contributed by atoms with Crippen molar-refractivity contribution in [1.82, 2.24) is 15.1 Å². The first-order chi connectivity index (χ1) is 24.3. The molecule has 0 fully saturated rings. The Morgan fingerprint density at radius 3 is 1.84 bits per heavy atom. The number of nitrogens with zero attached hydrogens (tertiary/aromatic N) is 4. The van der Waals surface area contributed by atoms with Gasteiger partial charge in [-0.2, -0.15) is 0 Å². The average Bonchev–Trinajstić information content (AvgIpc) is 3.77. The van der Waals surface area contributed by atoms with E-state index in [9.17, 15) is 0 Å². The zero-order valence-electron chi connectivity index (χ0n) is 26.5. The molecular weight excluding hydrogens is 601 g/mol. The number of allylic oxidation sites excluding steroid dienone is 1. The molecule has 2 aliphatic rings. The van der Waals surface area contributed by atoms with E-state index in [0.717, 1.165) is 50.2 Å². The van der Waals surface area contributed by atoms with Gasteiger partial charge >= 0.3 is 0 Å². The second-order valence-corrected chi connectivity index (χ2v) is 12.7. The van der Waals surface area contributed by atoms with E-state index in [2.05, 4.69) is 157 Å². The summed E-state index contributed by atoms with van der Waals surface area (Å²) in [4.78, 5) is 1.72. The quantitative estimate of drug-likeness (QED) is 0.178. The maximum absolute atomic E-state index is 6.88. The Kier molecular flexibility index (Phi) is 6.24. The summed E-state index contributed by atoms with van der Waals surface area (Å²) in [5, 5.41) is 17.0. The Bertz CT molecular complexity index is 2590. The molecule has 2 atom stereocenters. The maximum Gasteiger partial charge on any atom is 0.132 e. The molecule has 0 spiro atoms. The zero-order chi connectivity index (χ0) is 32.3. The van der Waals surface area contributed by atoms with Gasteiger partial charge < -0.3 is 4.74 Å². The smallest absolute Gasteiger partial charge is 0.132 e. The fourth-order valence-corrected chi connectivity index (χ4v) is 7.46. The molecule has 1 aliphatic carbocycles. The predicted molar refractivity (Wildman–Crippen MR) is 199 cm³/mol. The van der Waals surface area contributed by atoms with Gasteiger partial charge in [0.25, 0.3) is 0 Å². The van der Waals surface area contributed by atoms with Crippen LogP contribution < -0.4 is 9.75 Å². The minimum absolute atomic E-state index is 0.0913. The lowest BCUT2D eigenvalue weighted by Crippen LogP contribution is -2.33. The lowest BCUT2D eigenvalue weighted by molar-refractivity contribution is 0.269. The normalized spacial score (nSPS) is 16.4. The van der Waals surface area contributed by atoms with E-state index in [-0.39, 0.29) is 12.0 Å². The van der Waals surface area contributed by atoms with Crippen molar-refractivity contribution >= 4 is 38.3 Å². The molecule has 232 valence electrons. The van der Waals surface area contributed by atoms with Gasteiger partial charge in [-0.15, -0.1) is 10.2 Å². The summed E-state index contributed by atoms with van der Waals surface area (Å²) < 4.78 is 6.88. The van der Waals surface area contributed by atoms with E-state index in [1.807, 2.05) is 18.2 Å². The number of hydrogen-bond acceptors (Lipinski definition) is 4. The van der Waals surface area contributed by atoms with Crippen molar-refractivity contribution in [3.8, 4) is 28.0 Å². The molecule has 8 aromatic rings. The van der Waals surface area contributed by atoms with Crippen molar-refractivity contribution in [2.45, 2.75) is 12.0 Å². The monoisotopic (exact) mass is 630 g/mol. The molecule has 0 saturated heterocycles. The average molecular weight is 631 g/mol. The number of aromatic nitrogens is 3. The van der Waals surface area contributed by atoms with Crippen LogP contribution in [0.4, 0.5) is 5.69 Å². The van der Waals surface area contributed by atoms with Gasteiger partial charge in [0.15, 0.2) is 0 Å². The first kappa shape index (κ1) is 27.6. The standard InChI is InChI=1S/C44H30N4O/c1-3-11-29(12-4-1)31-19-22-33(23-20-31)47(48-45-40-26-21-32(27-41(40)46-48)30-13-5-2-6-14-30)34-24-25-39-42(28-34)49-44-38-18-10-8-16-36(38)35-15-7-9-17-37(35)43(39)44/h1-28,39,42H. The number of ether oxygens (including phenoxy) is 1. The molecule has 0 radical (unpaired) electrons. The molecule has 7 aromatic carbocycles. The molecule has 0 amide bonds. The largest absolute Gasteiger partial charge is 0.484 e. The molecule has 1 aliphatic heterocycles. The summed E-state index contributed by atoms with van der Waals surface area (Å²) in [5.41, 5.74) is 9.37. The molecule has 2 heterocycles. The summed E-state index contributed by atoms with van der Waals surface area (Å²) in [6, 6.07) is 52.9. The van der Waals surface area contributed by atoms with E-state index in [0.29, 0.717) is 0 Å². The van der Waals surface area contributed by atoms with Crippen molar-refractivity contribution in [2.75, 3.05) is 5.01 Å².